The molecule has 0 aromatic heterocycles. The first-order valence-corrected chi connectivity index (χ1v) is 13.0. The monoisotopic (exact) mass is 439 g/mol. The SMILES string of the molecule is CN1CCOCC1.O=C(NC12CC3CC(CC(C3)C1)C2)[C@H]1CCCN(c2ccccc2)C1. The van der Waals surface area contributed by atoms with E-state index in [1.807, 2.05) is 0 Å². The molecule has 5 heteroatoms. The average Bonchev–Trinajstić information content (AvgIpc) is 2.79. The molecule has 1 aromatic rings. The summed E-state index contributed by atoms with van der Waals surface area (Å²) in [6.45, 7) is 5.97. The first kappa shape index (κ1) is 22.2. The molecule has 0 spiro atoms. The predicted molar refractivity (Wildman–Crippen MR) is 129 cm³/mol. The van der Waals surface area contributed by atoms with Crippen LogP contribution < -0.4 is 10.2 Å². The molecule has 7 rings (SSSR count). The molecule has 1 amide bonds. The Morgan fingerprint density at radius 2 is 1.59 bits per heavy atom. The van der Waals surface area contributed by atoms with Crippen LogP contribution in [0.2, 0.25) is 0 Å². The Balaban J connectivity index is 0.000000265. The smallest absolute Gasteiger partial charge is 0.225 e. The van der Waals surface area contributed by atoms with E-state index in [2.05, 4.69) is 52.5 Å². The zero-order valence-electron chi connectivity index (χ0n) is 19.8. The summed E-state index contributed by atoms with van der Waals surface area (Å²) in [6.07, 6.45) is 10.2. The summed E-state index contributed by atoms with van der Waals surface area (Å²) >= 11 is 0. The van der Waals surface area contributed by atoms with Crippen molar-refractivity contribution in [1.29, 1.82) is 0 Å². The maximum Gasteiger partial charge on any atom is 0.225 e. The van der Waals surface area contributed by atoms with Gasteiger partial charge in [-0.05, 0) is 88.3 Å². The number of morpholine rings is 1. The molecule has 4 saturated carbocycles. The van der Waals surface area contributed by atoms with Gasteiger partial charge in [-0.15, -0.1) is 0 Å². The van der Waals surface area contributed by atoms with E-state index in [1.54, 1.807) is 0 Å². The number of anilines is 1. The zero-order valence-corrected chi connectivity index (χ0v) is 19.8. The summed E-state index contributed by atoms with van der Waals surface area (Å²) in [7, 11) is 2.11. The van der Waals surface area contributed by atoms with Crippen molar-refractivity contribution < 1.29 is 9.53 Å². The second kappa shape index (κ2) is 9.72. The highest BCUT2D eigenvalue weighted by Gasteiger charge is 2.51. The van der Waals surface area contributed by atoms with Crippen LogP contribution in [-0.4, -0.2) is 62.8 Å². The maximum atomic E-state index is 13.1. The highest BCUT2D eigenvalue weighted by molar-refractivity contribution is 5.80. The average molecular weight is 440 g/mol. The van der Waals surface area contributed by atoms with E-state index in [9.17, 15) is 4.79 Å². The van der Waals surface area contributed by atoms with Gasteiger partial charge in [0, 0.05) is 37.4 Å². The van der Waals surface area contributed by atoms with Gasteiger partial charge in [-0.2, -0.15) is 0 Å². The van der Waals surface area contributed by atoms with Gasteiger partial charge in [0.05, 0.1) is 19.1 Å². The minimum absolute atomic E-state index is 0.154. The van der Waals surface area contributed by atoms with Gasteiger partial charge in [0.2, 0.25) is 5.91 Å². The lowest BCUT2D eigenvalue weighted by atomic mass is 9.53. The number of piperidine rings is 1. The molecule has 5 nitrogen and oxygen atoms in total. The molecule has 2 saturated heterocycles. The van der Waals surface area contributed by atoms with E-state index >= 15 is 0 Å². The molecule has 2 aliphatic heterocycles. The first-order chi connectivity index (χ1) is 15.6. The summed E-state index contributed by atoms with van der Waals surface area (Å²) in [5.41, 5.74) is 1.41. The molecule has 32 heavy (non-hydrogen) atoms. The molecule has 0 unspecified atom stereocenters. The minimum Gasteiger partial charge on any atom is -0.379 e. The third-order valence-corrected chi connectivity index (χ3v) is 8.57. The fourth-order valence-electron chi connectivity index (χ4n) is 7.35. The lowest BCUT2D eigenvalue weighted by Gasteiger charge is -2.57. The molecule has 1 N–H and O–H groups in total. The molecule has 4 bridgehead atoms. The van der Waals surface area contributed by atoms with Crippen LogP contribution in [0.3, 0.4) is 0 Å². The van der Waals surface area contributed by atoms with Gasteiger partial charge >= 0.3 is 0 Å². The van der Waals surface area contributed by atoms with Crippen molar-refractivity contribution >= 4 is 11.6 Å². The van der Waals surface area contributed by atoms with E-state index in [0.717, 1.165) is 70.0 Å². The van der Waals surface area contributed by atoms with Crippen LogP contribution in [0.5, 0.6) is 0 Å². The Bertz CT molecular complexity index is 726. The van der Waals surface area contributed by atoms with Crippen molar-refractivity contribution in [1.82, 2.24) is 10.2 Å². The number of hydrogen-bond acceptors (Lipinski definition) is 4. The number of rotatable bonds is 3. The maximum absolute atomic E-state index is 13.1. The third kappa shape index (κ3) is 5.14. The molecule has 176 valence electrons. The first-order valence-electron chi connectivity index (χ1n) is 13.0. The number of carbonyl (C=O) groups is 1. The Labute approximate surface area is 193 Å². The van der Waals surface area contributed by atoms with E-state index < -0.39 is 0 Å². The Kier molecular flexibility index (Phi) is 6.75. The van der Waals surface area contributed by atoms with Gasteiger partial charge in [-0.3, -0.25) is 4.79 Å². The molecule has 4 aliphatic carbocycles. The molecular weight excluding hydrogens is 398 g/mol. The van der Waals surface area contributed by atoms with Crippen molar-refractivity contribution in [2.45, 2.75) is 56.9 Å². The van der Waals surface area contributed by atoms with Crippen molar-refractivity contribution in [3.63, 3.8) is 0 Å². The number of carbonyl (C=O) groups excluding carboxylic acids is 1. The molecule has 6 fully saturated rings. The van der Waals surface area contributed by atoms with E-state index in [0.29, 0.717) is 5.91 Å². The van der Waals surface area contributed by atoms with Gasteiger partial charge < -0.3 is 19.9 Å². The number of para-hydroxylation sites is 1. The van der Waals surface area contributed by atoms with Gasteiger partial charge in [0.25, 0.3) is 0 Å². The van der Waals surface area contributed by atoms with E-state index in [1.165, 1.54) is 44.2 Å². The van der Waals surface area contributed by atoms with Gasteiger partial charge in [0.15, 0.2) is 0 Å². The summed E-state index contributed by atoms with van der Waals surface area (Å²) in [5, 5.41) is 3.60. The number of nitrogens with one attached hydrogen (secondary N) is 1. The van der Waals surface area contributed by atoms with Crippen LogP contribution in [0, 0.1) is 23.7 Å². The van der Waals surface area contributed by atoms with Crippen molar-refractivity contribution in [2.24, 2.45) is 23.7 Å². The van der Waals surface area contributed by atoms with Gasteiger partial charge in [-0.25, -0.2) is 0 Å². The van der Waals surface area contributed by atoms with Crippen LogP contribution in [0.25, 0.3) is 0 Å². The summed E-state index contributed by atoms with van der Waals surface area (Å²) in [5.74, 6) is 3.15. The lowest BCUT2D eigenvalue weighted by Crippen LogP contribution is -2.61. The summed E-state index contributed by atoms with van der Waals surface area (Å²) in [4.78, 5) is 17.8. The highest BCUT2D eigenvalue weighted by Crippen LogP contribution is 2.55. The highest BCUT2D eigenvalue weighted by atomic mass is 16.5. The predicted octanol–water partition coefficient (Wildman–Crippen LogP) is 3.94. The topological polar surface area (TPSA) is 44.8 Å². The number of nitrogens with zero attached hydrogens (tertiary/aromatic N) is 2. The number of benzene rings is 1. The van der Waals surface area contributed by atoms with Gasteiger partial charge in [0.1, 0.15) is 0 Å². The fourth-order valence-corrected chi connectivity index (χ4v) is 7.35. The lowest BCUT2D eigenvalue weighted by molar-refractivity contribution is -0.131. The quantitative estimate of drug-likeness (QED) is 0.775. The minimum atomic E-state index is 0.154. The molecule has 6 aliphatic rings. The Hall–Kier alpha value is -1.59. The van der Waals surface area contributed by atoms with Crippen LogP contribution in [0.15, 0.2) is 30.3 Å². The molecule has 1 aromatic carbocycles. The molecule has 2 heterocycles. The second-order valence-electron chi connectivity index (χ2n) is 11.2. The molecule has 1 atom stereocenters. The Morgan fingerprint density at radius 3 is 2.16 bits per heavy atom. The van der Waals surface area contributed by atoms with Crippen LogP contribution in [0.1, 0.15) is 51.4 Å². The third-order valence-electron chi connectivity index (χ3n) is 8.57. The molecule has 0 radical (unpaired) electrons. The van der Waals surface area contributed by atoms with Crippen LogP contribution in [-0.2, 0) is 9.53 Å². The Morgan fingerprint density at radius 1 is 0.969 bits per heavy atom. The van der Waals surface area contributed by atoms with E-state index in [4.69, 9.17) is 4.74 Å². The van der Waals surface area contributed by atoms with Gasteiger partial charge in [-0.1, -0.05) is 18.2 Å². The number of likely N-dealkylation sites (N-methyl/N-ethyl adjacent to an activating group) is 1. The second-order valence-corrected chi connectivity index (χ2v) is 11.2. The fraction of sp³-hybridized carbons (Fsp3) is 0.741. The van der Waals surface area contributed by atoms with Crippen molar-refractivity contribution in [3.05, 3.63) is 30.3 Å². The molecular formula is C27H41N3O2. The van der Waals surface area contributed by atoms with Crippen LogP contribution in [0.4, 0.5) is 5.69 Å². The largest absolute Gasteiger partial charge is 0.379 e. The number of amides is 1. The number of hydrogen-bond donors (Lipinski definition) is 1. The number of ether oxygens (including phenoxy) is 1. The van der Waals surface area contributed by atoms with Crippen molar-refractivity contribution in [2.75, 3.05) is 51.3 Å². The zero-order chi connectivity index (χ0) is 22.0. The van der Waals surface area contributed by atoms with Crippen molar-refractivity contribution in [3.8, 4) is 0 Å². The van der Waals surface area contributed by atoms with Crippen LogP contribution >= 0.6 is 0 Å². The summed E-state index contributed by atoms with van der Waals surface area (Å²) < 4.78 is 5.10. The summed E-state index contributed by atoms with van der Waals surface area (Å²) in [6, 6.07) is 10.6. The van der Waals surface area contributed by atoms with E-state index in [-0.39, 0.29) is 11.5 Å². The standard InChI is InChI=1S/C22H30N2O.C5H11NO/c25-21(19-5-4-8-24(15-19)20-6-2-1-3-7-20)23-22-12-16-9-17(13-22)11-18(10-16)14-22;1-6-2-4-7-5-3-6/h1-3,6-7,16-19H,4-5,8-15H2,(H,23,25);2-5H2,1H3/t16?,17?,18?,19-,22?;/m0./s1. The normalized spacial score (nSPS) is 36.3.